The minimum atomic E-state index is -0.0495. The van der Waals surface area contributed by atoms with Crippen LogP contribution in [-0.2, 0) is 0 Å². The van der Waals surface area contributed by atoms with Crippen molar-refractivity contribution in [3.05, 3.63) is 48.3 Å². The molecule has 0 radical (unpaired) electrons. The van der Waals surface area contributed by atoms with Gasteiger partial charge in [-0.1, -0.05) is 0 Å². The van der Waals surface area contributed by atoms with E-state index in [1.807, 2.05) is 17.0 Å². The quantitative estimate of drug-likeness (QED) is 0.855. The summed E-state index contributed by atoms with van der Waals surface area (Å²) in [6, 6.07) is 11.7. The molecule has 7 nitrogen and oxygen atoms in total. The lowest BCUT2D eigenvalue weighted by Gasteiger charge is -2.43. The van der Waals surface area contributed by atoms with Gasteiger partial charge in [0.2, 0.25) is 0 Å². The van der Waals surface area contributed by atoms with E-state index < -0.39 is 0 Å². The number of amides is 1. The Morgan fingerprint density at radius 1 is 1.07 bits per heavy atom. The van der Waals surface area contributed by atoms with Gasteiger partial charge in [-0.05, 0) is 49.2 Å². The van der Waals surface area contributed by atoms with E-state index in [0.717, 1.165) is 57.9 Å². The highest BCUT2D eigenvalue weighted by atomic mass is 16.5. The summed E-state index contributed by atoms with van der Waals surface area (Å²) in [5.41, 5.74) is 1.62. The Kier molecular flexibility index (Phi) is 5.85. The fraction of sp³-hybridized carbons (Fsp3) is 0.455. The third-order valence-corrected chi connectivity index (χ3v) is 5.92. The average Bonchev–Trinajstić information content (AvgIpc) is 2.79. The molecule has 1 amide bonds. The fourth-order valence-electron chi connectivity index (χ4n) is 4.25. The summed E-state index contributed by atoms with van der Waals surface area (Å²) in [5, 5.41) is 9.39. The minimum Gasteiger partial charge on any atom is -0.506 e. The Morgan fingerprint density at radius 3 is 2.48 bits per heavy atom. The highest BCUT2D eigenvalue weighted by molar-refractivity contribution is 5.92. The smallest absolute Gasteiger partial charge is 0.272 e. The normalized spacial score (nSPS) is 20.5. The van der Waals surface area contributed by atoms with Crippen LogP contribution in [0.15, 0.2) is 42.6 Å². The SMILES string of the molecule is COc1ccc(N2CCN(C3CCCN(C(=O)c4ccc(O)cn4)C3)CC2)cc1. The average molecular weight is 396 g/mol. The molecular formula is C22H28N4O3. The molecule has 1 aromatic heterocycles. The largest absolute Gasteiger partial charge is 0.506 e. The molecule has 1 unspecified atom stereocenters. The van der Waals surface area contributed by atoms with E-state index >= 15 is 0 Å². The van der Waals surface area contributed by atoms with Gasteiger partial charge >= 0.3 is 0 Å². The first-order valence-electron chi connectivity index (χ1n) is 10.2. The lowest BCUT2D eigenvalue weighted by atomic mass is 10.0. The van der Waals surface area contributed by atoms with Crippen LogP contribution in [0, 0.1) is 0 Å². The number of carbonyl (C=O) groups is 1. The second-order valence-electron chi connectivity index (χ2n) is 7.67. The van der Waals surface area contributed by atoms with Gasteiger partial charge in [-0.25, -0.2) is 4.98 Å². The second-order valence-corrected chi connectivity index (χ2v) is 7.67. The Morgan fingerprint density at radius 2 is 1.83 bits per heavy atom. The third kappa shape index (κ3) is 4.45. The number of piperidine rings is 1. The molecule has 4 rings (SSSR count). The van der Waals surface area contributed by atoms with Crippen LogP contribution in [0.25, 0.3) is 0 Å². The van der Waals surface area contributed by atoms with Gasteiger partial charge < -0.3 is 19.6 Å². The number of nitrogens with zero attached hydrogens (tertiary/aromatic N) is 4. The summed E-state index contributed by atoms with van der Waals surface area (Å²) in [5.74, 6) is 0.904. The predicted octanol–water partition coefficient (Wildman–Crippen LogP) is 2.22. The highest BCUT2D eigenvalue weighted by Gasteiger charge is 2.30. The maximum absolute atomic E-state index is 12.8. The van der Waals surface area contributed by atoms with E-state index in [1.165, 1.54) is 18.0 Å². The molecule has 0 bridgehead atoms. The number of aromatic nitrogens is 1. The zero-order chi connectivity index (χ0) is 20.2. The molecule has 1 aromatic carbocycles. The van der Waals surface area contributed by atoms with Crippen molar-refractivity contribution < 1.29 is 14.6 Å². The number of pyridine rings is 1. The zero-order valence-electron chi connectivity index (χ0n) is 16.8. The van der Waals surface area contributed by atoms with E-state index in [0.29, 0.717) is 11.7 Å². The fourth-order valence-corrected chi connectivity index (χ4v) is 4.25. The molecular weight excluding hydrogens is 368 g/mol. The molecule has 154 valence electrons. The van der Waals surface area contributed by atoms with Crippen molar-refractivity contribution in [2.24, 2.45) is 0 Å². The molecule has 7 heteroatoms. The third-order valence-electron chi connectivity index (χ3n) is 5.92. The Balaban J connectivity index is 1.33. The van der Waals surface area contributed by atoms with Gasteiger partial charge in [0.1, 0.15) is 17.2 Å². The first-order chi connectivity index (χ1) is 14.1. The van der Waals surface area contributed by atoms with Crippen molar-refractivity contribution >= 4 is 11.6 Å². The Hall–Kier alpha value is -2.80. The first-order valence-corrected chi connectivity index (χ1v) is 10.2. The molecule has 29 heavy (non-hydrogen) atoms. The Bertz CT molecular complexity index is 817. The minimum absolute atomic E-state index is 0.0495. The molecule has 0 aliphatic carbocycles. The lowest BCUT2D eigenvalue weighted by Crippen LogP contribution is -2.56. The van der Waals surface area contributed by atoms with Crippen LogP contribution in [0.4, 0.5) is 5.69 Å². The maximum atomic E-state index is 12.8. The summed E-state index contributed by atoms with van der Waals surface area (Å²) < 4.78 is 5.24. The molecule has 0 spiro atoms. The molecule has 2 fully saturated rings. The van der Waals surface area contributed by atoms with Crippen LogP contribution in [-0.4, -0.2) is 78.2 Å². The van der Waals surface area contributed by atoms with Crippen molar-refractivity contribution in [2.75, 3.05) is 51.3 Å². The second kappa shape index (κ2) is 8.69. The number of hydrogen-bond donors (Lipinski definition) is 1. The van der Waals surface area contributed by atoms with Crippen LogP contribution in [0.2, 0.25) is 0 Å². The molecule has 2 aromatic rings. The summed E-state index contributed by atoms with van der Waals surface area (Å²) in [7, 11) is 1.68. The van der Waals surface area contributed by atoms with Crippen molar-refractivity contribution in [1.29, 1.82) is 0 Å². The van der Waals surface area contributed by atoms with E-state index in [4.69, 9.17) is 4.74 Å². The summed E-state index contributed by atoms with van der Waals surface area (Å²) in [4.78, 5) is 23.7. The van der Waals surface area contributed by atoms with E-state index in [9.17, 15) is 9.90 Å². The van der Waals surface area contributed by atoms with Crippen LogP contribution in [0.3, 0.4) is 0 Å². The van der Waals surface area contributed by atoms with Gasteiger partial charge in [-0.15, -0.1) is 0 Å². The number of methoxy groups -OCH3 is 1. The van der Waals surface area contributed by atoms with Gasteiger partial charge in [0.25, 0.3) is 5.91 Å². The van der Waals surface area contributed by atoms with Crippen LogP contribution in [0.1, 0.15) is 23.3 Å². The van der Waals surface area contributed by atoms with E-state index in [1.54, 1.807) is 13.2 Å². The monoisotopic (exact) mass is 396 g/mol. The molecule has 1 atom stereocenters. The summed E-state index contributed by atoms with van der Waals surface area (Å²) >= 11 is 0. The van der Waals surface area contributed by atoms with Gasteiger partial charge in [-0.3, -0.25) is 9.69 Å². The number of hydrogen-bond acceptors (Lipinski definition) is 6. The number of anilines is 1. The lowest BCUT2D eigenvalue weighted by molar-refractivity contribution is 0.0558. The highest BCUT2D eigenvalue weighted by Crippen LogP contribution is 2.23. The molecule has 2 saturated heterocycles. The molecule has 3 heterocycles. The van der Waals surface area contributed by atoms with E-state index in [-0.39, 0.29) is 11.7 Å². The maximum Gasteiger partial charge on any atom is 0.272 e. The van der Waals surface area contributed by atoms with Crippen molar-refractivity contribution in [1.82, 2.24) is 14.8 Å². The molecule has 0 saturated carbocycles. The van der Waals surface area contributed by atoms with Crippen molar-refractivity contribution in [3.8, 4) is 11.5 Å². The van der Waals surface area contributed by atoms with Crippen LogP contribution < -0.4 is 9.64 Å². The Labute approximate surface area is 171 Å². The zero-order valence-corrected chi connectivity index (χ0v) is 16.8. The standard InChI is InChI=1S/C22H28N4O3/c1-29-20-7-4-17(5-8-20)24-11-13-25(14-12-24)18-3-2-10-26(16-18)22(28)21-9-6-19(27)15-23-21/h4-9,15,18,27H,2-3,10-14,16H2,1H3. The predicted molar refractivity (Wildman–Crippen MR) is 112 cm³/mol. The number of carbonyl (C=O) groups excluding carboxylic acids is 1. The van der Waals surface area contributed by atoms with E-state index in [2.05, 4.69) is 26.9 Å². The first kappa shape index (κ1) is 19.5. The number of rotatable bonds is 4. The van der Waals surface area contributed by atoms with Crippen molar-refractivity contribution in [3.63, 3.8) is 0 Å². The number of likely N-dealkylation sites (tertiary alicyclic amines) is 1. The van der Waals surface area contributed by atoms with Crippen LogP contribution >= 0.6 is 0 Å². The summed E-state index contributed by atoms with van der Waals surface area (Å²) in [6.45, 7) is 5.46. The number of piperazine rings is 1. The number of benzene rings is 1. The number of ether oxygens (including phenoxy) is 1. The molecule has 2 aliphatic heterocycles. The molecule has 1 N–H and O–H groups in total. The van der Waals surface area contributed by atoms with Gasteiger partial charge in [0.15, 0.2) is 0 Å². The number of aromatic hydroxyl groups is 1. The van der Waals surface area contributed by atoms with Gasteiger partial charge in [0, 0.05) is 51.0 Å². The molecule has 2 aliphatic rings. The topological polar surface area (TPSA) is 69.1 Å². The van der Waals surface area contributed by atoms with Crippen LogP contribution in [0.5, 0.6) is 11.5 Å². The van der Waals surface area contributed by atoms with Gasteiger partial charge in [-0.2, -0.15) is 0 Å². The summed E-state index contributed by atoms with van der Waals surface area (Å²) in [6.07, 6.45) is 3.45. The van der Waals surface area contributed by atoms with Gasteiger partial charge in [0.05, 0.1) is 13.3 Å². The van der Waals surface area contributed by atoms with Crippen molar-refractivity contribution in [2.45, 2.75) is 18.9 Å².